The second kappa shape index (κ2) is 7.66. The molecule has 0 unspecified atom stereocenters. The molecule has 3 aromatic rings. The molecule has 0 fully saturated rings. The average Bonchev–Trinajstić information content (AvgIpc) is 2.66. The van der Waals surface area contributed by atoms with Gasteiger partial charge in [-0.1, -0.05) is 11.3 Å². The van der Waals surface area contributed by atoms with Crippen LogP contribution in [0.2, 0.25) is 0 Å². The number of hydrogen-bond acceptors (Lipinski definition) is 7. The van der Waals surface area contributed by atoms with E-state index in [1.54, 1.807) is 0 Å². The van der Waals surface area contributed by atoms with Crippen LogP contribution in [0.15, 0.2) is 29.1 Å². The first-order valence-corrected chi connectivity index (χ1v) is 8.88. The van der Waals surface area contributed by atoms with Gasteiger partial charge >= 0.3 is 6.18 Å². The minimum absolute atomic E-state index is 0.0148. The number of hydrogen-bond donors (Lipinski definition) is 1. The topological polar surface area (TPSA) is 90.4 Å². The van der Waals surface area contributed by atoms with Gasteiger partial charge in [0.25, 0.3) is 5.91 Å². The normalized spacial score (nSPS) is 11.4. The molecule has 0 spiro atoms. The van der Waals surface area contributed by atoms with Crippen molar-refractivity contribution in [1.29, 1.82) is 0 Å². The maximum absolute atomic E-state index is 12.7. The van der Waals surface area contributed by atoms with E-state index in [2.05, 4.69) is 15.3 Å². The quantitative estimate of drug-likeness (QED) is 0.686. The lowest BCUT2D eigenvalue weighted by Gasteiger charge is -2.11. The number of anilines is 1. The average molecular weight is 425 g/mol. The highest BCUT2D eigenvalue weighted by Gasteiger charge is 2.33. The molecule has 29 heavy (non-hydrogen) atoms. The third kappa shape index (κ3) is 4.14. The van der Waals surface area contributed by atoms with Crippen molar-refractivity contribution in [1.82, 2.24) is 9.97 Å². The van der Waals surface area contributed by atoms with Gasteiger partial charge in [-0.2, -0.15) is 13.2 Å². The largest absolute Gasteiger partial charge is 0.493 e. The summed E-state index contributed by atoms with van der Waals surface area (Å²) in [6.07, 6.45) is -4.61. The molecule has 1 N–H and O–H groups in total. The molecular weight excluding hydrogens is 411 g/mol. The smallest absolute Gasteiger partial charge is 0.433 e. The number of halogens is 3. The molecule has 3 rings (SSSR count). The Hall–Kier alpha value is -3.21. The van der Waals surface area contributed by atoms with Crippen LogP contribution < -0.4 is 19.5 Å². The highest BCUT2D eigenvalue weighted by molar-refractivity contribution is 7.13. The Morgan fingerprint density at radius 1 is 1.10 bits per heavy atom. The molecular formula is C18H14F3N3O4S. The standard InChI is InChI=1S/C18H14F3N3O4S/c1-8-9(4-5-14(22-8)18(19,20)21)15(25)24-17-23-11-7-13(28-3)12(27-2)6-10(11)16(26)29-17/h4-7H,1-3H3,(H,23,24,25). The van der Waals surface area contributed by atoms with E-state index in [1.807, 2.05) is 0 Å². The van der Waals surface area contributed by atoms with Crippen molar-refractivity contribution in [2.24, 2.45) is 0 Å². The Labute approximate surface area is 166 Å². The maximum atomic E-state index is 12.7. The number of amides is 1. The van der Waals surface area contributed by atoms with Gasteiger partial charge in [0.05, 0.1) is 36.4 Å². The number of nitrogens with zero attached hydrogens (tertiary/aromatic N) is 2. The number of pyridine rings is 1. The molecule has 0 aliphatic rings. The molecule has 0 aliphatic carbocycles. The fourth-order valence-corrected chi connectivity index (χ4v) is 3.31. The zero-order valence-corrected chi connectivity index (χ0v) is 16.2. The van der Waals surface area contributed by atoms with Crippen molar-refractivity contribution in [3.63, 3.8) is 0 Å². The van der Waals surface area contributed by atoms with Gasteiger partial charge in [-0.05, 0) is 25.1 Å². The van der Waals surface area contributed by atoms with E-state index in [4.69, 9.17) is 9.47 Å². The molecule has 1 aromatic carbocycles. The van der Waals surface area contributed by atoms with Crippen LogP contribution in [0.3, 0.4) is 0 Å². The van der Waals surface area contributed by atoms with Crippen LogP contribution in [0.25, 0.3) is 10.9 Å². The lowest BCUT2D eigenvalue weighted by Crippen LogP contribution is -2.17. The minimum Gasteiger partial charge on any atom is -0.493 e. The number of rotatable bonds is 4. The van der Waals surface area contributed by atoms with Gasteiger partial charge in [0, 0.05) is 6.07 Å². The van der Waals surface area contributed by atoms with Crippen LogP contribution in [0.5, 0.6) is 11.5 Å². The monoisotopic (exact) mass is 425 g/mol. The van der Waals surface area contributed by atoms with Crippen LogP contribution in [-0.4, -0.2) is 30.1 Å². The van der Waals surface area contributed by atoms with Gasteiger partial charge in [-0.3, -0.25) is 14.9 Å². The van der Waals surface area contributed by atoms with Crippen molar-refractivity contribution in [3.8, 4) is 11.5 Å². The van der Waals surface area contributed by atoms with E-state index in [0.717, 1.165) is 12.1 Å². The number of fused-ring (bicyclic) bond motifs is 1. The van der Waals surface area contributed by atoms with Gasteiger partial charge in [-0.15, -0.1) is 0 Å². The van der Waals surface area contributed by atoms with Crippen molar-refractivity contribution in [2.75, 3.05) is 19.5 Å². The van der Waals surface area contributed by atoms with Crippen LogP contribution in [0, 0.1) is 6.92 Å². The summed E-state index contributed by atoms with van der Waals surface area (Å²) in [5.74, 6) is -0.0239. The van der Waals surface area contributed by atoms with E-state index in [1.165, 1.54) is 33.3 Å². The van der Waals surface area contributed by atoms with E-state index >= 15 is 0 Å². The number of carbonyl (C=O) groups excluding carboxylic acids is 1. The summed E-state index contributed by atoms with van der Waals surface area (Å²) in [5, 5.41) is 2.69. The van der Waals surface area contributed by atoms with Crippen molar-refractivity contribution in [3.05, 3.63) is 50.8 Å². The molecule has 0 bridgehead atoms. The molecule has 7 nitrogen and oxygen atoms in total. The number of aromatic nitrogens is 2. The Kier molecular flexibility index (Phi) is 5.42. The number of carbonyl (C=O) groups is 1. The van der Waals surface area contributed by atoms with Crippen LogP contribution >= 0.6 is 11.3 Å². The fraction of sp³-hybridized carbons (Fsp3) is 0.222. The van der Waals surface area contributed by atoms with Crippen molar-refractivity contribution < 1.29 is 27.4 Å². The summed E-state index contributed by atoms with van der Waals surface area (Å²) in [4.78, 5) is 32.5. The molecule has 0 radical (unpaired) electrons. The maximum Gasteiger partial charge on any atom is 0.433 e. The van der Waals surface area contributed by atoms with Gasteiger partial charge in [0.15, 0.2) is 16.6 Å². The first-order valence-electron chi connectivity index (χ1n) is 8.07. The Morgan fingerprint density at radius 2 is 1.76 bits per heavy atom. The van der Waals surface area contributed by atoms with Gasteiger partial charge < -0.3 is 9.47 Å². The second-order valence-corrected chi connectivity index (χ2v) is 6.77. The van der Waals surface area contributed by atoms with Gasteiger partial charge in [0.2, 0.25) is 4.74 Å². The highest BCUT2D eigenvalue weighted by Crippen LogP contribution is 2.31. The zero-order valence-electron chi connectivity index (χ0n) is 15.4. The molecule has 1 amide bonds. The summed E-state index contributed by atoms with van der Waals surface area (Å²) in [7, 11) is 2.86. The lowest BCUT2D eigenvalue weighted by atomic mass is 10.1. The lowest BCUT2D eigenvalue weighted by molar-refractivity contribution is -0.141. The van der Waals surface area contributed by atoms with Gasteiger partial charge in [0.1, 0.15) is 5.69 Å². The Bertz CT molecular complexity index is 1160. The fourth-order valence-electron chi connectivity index (χ4n) is 2.58. The third-order valence-corrected chi connectivity index (χ3v) is 4.77. The number of alkyl halides is 3. The number of nitrogens with one attached hydrogen (secondary N) is 1. The molecule has 152 valence electrons. The third-order valence-electron chi connectivity index (χ3n) is 3.97. The molecule has 0 saturated carbocycles. The number of benzene rings is 1. The molecule has 0 aliphatic heterocycles. The molecule has 2 heterocycles. The van der Waals surface area contributed by atoms with E-state index in [9.17, 15) is 22.8 Å². The molecule has 2 aromatic heterocycles. The SMILES string of the molecule is COc1cc2nc(NC(=O)c3ccc(C(F)(F)F)nc3C)sc(=O)c2cc1OC. The predicted octanol–water partition coefficient (Wildman–Crippen LogP) is 3.65. The first kappa shape index (κ1) is 20.5. The zero-order chi connectivity index (χ0) is 21.3. The first-order chi connectivity index (χ1) is 13.6. The van der Waals surface area contributed by atoms with Crippen molar-refractivity contribution in [2.45, 2.75) is 13.1 Å². The molecule has 0 atom stereocenters. The summed E-state index contributed by atoms with van der Waals surface area (Å²) in [6, 6.07) is 4.71. The van der Waals surface area contributed by atoms with Crippen LogP contribution in [0.4, 0.5) is 18.3 Å². The van der Waals surface area contributed by atoms with Crippen LogP contribution in [0.1, 0.15) is 21.7 Å². The van der Waals surface area contributed by atoms with Gasteiger partial charge in [-0.25, -0.2) is 9.97 Å². The molecule has 0 saturated heterocycles. The predicted molar refractivity (Wildman–Crippen MR) is 101 cm³/mol. The summed E-state index contributed by atoms with van der Waals surface area (Å²) < 4.78 is 48.1. The number of aryl methyl sites for hydroxylation is 1. The summed E-state index contributed by atoms with van der Waals surface area (Å²) in [5.41, 5.74) is -0.992. The number of methoxy groups -OCH3 is 2. The summed E-state index contributed by atoms with van der Waals surface area (Å²) >= 11 is 0.680. The van der Waals surface area contributed by atoms with Crippen molar-refractivity contribution >= 4 is 33.3 Å². The highest BCUT2D eigenvalue weighted by atomic mass is 32.1. The van der Waals surface area contributed by atoms with E-state index in [-0.39, 0.29) is 32.0 Å². The second-order valence-electron chi connectivity index (χ2n) is 5.81. The minimum atomic E-state index is -4.61. The Morgan fingerprint density at radius 3 is 2.34 bits per heavy atom. The Balaban J connectivity index is 1.96. The van der Waals surface area contributed by atoms with Crippen LogP contribution in [-0.2, 0) is 6.18 Å². The number of ether oxygens (including phenoxy) is 2. The van der Waals surface area contributed by atoms with E-state index in [0.29, 0.717) is 22.8 Å². The summed E-state index contributed by atoms with van der Waals surface area (Å²) in [6.45, 7) is 1.29. The molecule has 11 heteroatoms. The van der Waals surface area contributed by atoms with E-state index < -0.39 is 17.8 Å².